The molecule has 0 saturated carbocycles. The van der Waals surface area contributed by atoms with Crippen LogP contribution in [0.1, 0.15) is 24.5 Å². The van der Waals surface area contributed by atoms with Gasteiger partial charge in [0.1, 0.15) is 11.6 Å². The van der Waals surface area contributed by atoms with Crippen LogP contribution in [0.15, 0.2) is 46.9 Å². The molecule has 1 fully saturated rings. The number of benzene rings is 2. The van der Waals surface area contributed by atoms with Gasteiger partial charge in [-0.2, -0.15) is 0 Å². The molecule has 11 heteroatoms. The molecule has 3 rings (SSSR count). The second-order valence-electron chi connectivity index (χ2n) is 8.53. The summed E-state index contributed by atoms with van der Waals surface area (Å²) in [7, 11) is -3.68. The van der Waals surface area contributed by atoms with Crippen LogP contribution in [-0.4, -0.2) is 68.6 Å². The molecule has 35 heavy (non-hydrogen) atoms. The van der Waals surface area contributed by atoms with E-state index < -0.39 is 15.9 Å². The number of rotatable bonds is 9. The molecule has 190 valence electrons. The first-order valence-corrected chi connectivity index (χ1v) is 13.9. The van der Waals surface area contributed by atoms with Crippen LogP contribution in [0.2, 0.25) is 0 Å². The molecule has 0 spiro atoms. The molecule has 0 bridgehead atoms. The molecule has 2 aromatic carbocycles. The van der Waals surface area contributed by atoms with Crippen molar-refractivity contribution in [3.63, 3.8) is 0 Å². The predicted octanol–water partition coefficient (Wildman–Crippen LogP) is 2.71. The Hall–Kier alpha value is -2.50. The van der Waals surface area contributed by atoms with E-state index in [0.29, 0.717) is 42.0 Å². The van der Waals surface area contributed by atoms with Crippen molar-refractivity contribution in [2.24, 2.45) is 0 Å². The van der Waals surface area contributed by atoms with Gasteiger partial charge in [-0.3, -0.25) is 19.2 Å². The zero-order chi connectivity index (χ0) is 25.6. The predicted molar refractivity (Wildman–Crippen MR) is 134 cm³/mol. The van der Waals surface area contributed by atoms with Crippen LogP contribution in [0.25, 0.3) is 0 Å². The van der Waals surface area contributed by atoms with Crippen molar-refractivity contribution in [3.05, 3.63) is 63.9 Å². The number of ether oxygens (including phenoxy) is 1. The molecule has 2 aromatic rings. The second kappa shape index (κ2) is 12.0. The summed E-state index contributed by atoms with van der Waals surface area (Å²) in [5.41, 5.74) is 1.48. The van der Waals surface area contributed by atoms with Gasteiger partial charge >= 0.3 is 0 Å². The number of carbonyl (C=O) groups excluding carboxylic acids is 2. The van der Waals surface area contributed by atoms with Crippen molar-refractivity contribution in [1.82, 2.24) is 14.5 Å². The number of hydrogen-bond acceptors (Lipinski definition) is 6. The third-order valence-corrected chi connectivity index (χ3v) is 6.79. The maximum atomic E-state index is 13.2. The first-order valence-electron chi connectivity index (χ1n) is 11.2. The Balaban J connectivity index is 1.60. The molecule has 1 aliphatic heterocycles. The van der Waals surface area contributed by atoms with Gasteiger partial charge in [-0.1, -0.05) is 35.0 Å². The van der Waals surface area contributed by atoms with Crippen LogP contribution < -0.4 is 9.46 Å². The maximum absolute atomic E-state index is 13.2. The van der Waals surface area contributed by atoms with Gasteiger partial charge in [0, 0.05) is 42.3 Å². The molecule has 1 aliphatic rings. The lowest BCUT2D eigenvalue weighted by atomic mass is 10.1. The van der Waals surface area contributed by atoms with E-state index in [1.165, 1.54) is 12.1 Å². The number of halogens is 2. The first kappa shape index (κ1) is 27.1. The summed E-state index contributed by atoms with van der Waals surface area (Å²) in [6.07, 6.45) is 1.47. The van der Waals surface area contributed by atoms with Crippen LogP contribution in [0.3, 0.4) is 0 Å². The van der Waals surface area contributed by atoms with Crippen LogP contribution in [0, 0.1) is 5.82 Å². The Morgan fingerprint density at radius 1 is 1.17 bits per heavy atom. The molecule has 1 N–H and O–H groups in total. The van der Waals surface area contributed by atoms with Crippen molar-refractivity contribution in [1.29, 1.82) is 0 Å². The van der Waals surface area contributed by atoms with E-state index >= 15 is 0 Å². The molecule has 8 nitrogen and oxygen atoms in total. The SMILES string of the molecule is CC[C@@H]1CN(Cc2ccc(F)cc2)CCN1C(=O)COc1ccc(Br)cc1CC(=O)NS(C)(=O)=O. The van der Waals surface area contributed by atoms with Gasteiger partial charge in [0.05, 0.1) is 12.7 Å². The number of sulfonamides is 1. The summed E-state index contributed by atoms with van der Waals surface area (Å²) >= 11 is 3.34. The zero-order valence-corrected chi connectivity index (χ0v) is 22.1. The Bertz CT molecular complexity index is 1160. The second-order valence-corrected chi connectivity index (χ2v) is 11.2. The molecule has 0 aromatic heterocycles. The number of hydrogen-bond donors (Lipinski definition) is 1. The minimum atomic E-state index is -3.68. The van der Waals surface area contributed by atoms with Gasteiger partial charge < -0.3 is 9.64 Å². The van der Waals surface area contributed by atoms with E-state index in [0.717, 1.165) is 18.2 Å². The fourth-order valence-corrected chi connectivity index (χ4v) is 4.95. The molecular weight excluding hydrogens is 541 g/mol. The average molecular weight is 570 g/mol. The largest absolute Gasteiger partial charge is 0.483 e. The highest BCUT2D eigenvalue weighted by Gasteiger charge is 2.29. The number of piperazine rings is 1. The molecule has 0 aliphatic carbocycles. The highest BCUT2D eigenvalue weighted by Crippen LogP contribution is 2.24. The number of nitrogens with zero attached hydrogens (tertiary/aromatic N) is 2. The molecule has 1 heterocycles. The van der Waals surface area contributed by atoms with Gasteiger partial charge in [0.15, 0.2) is 6.61 Å². The lowest BCUT2D eigenvalue weighted by Crippen LogP contribution is -2.55. The smallest absolute Gasteiger partial charge is 0.260 e. The Kier molecular flexibility index (Phi) is 9.26. The Labute approximate surface area is 213 Å². The summed E-state index contributed by atoms with van der Waals surface area (Å²) in [5.74, 6) is -0.772. The number of carbonyl (C=O) groups is 2. The third-order valence-electron chi connectivity index (χ3n) is 5.70. The summed E-state index contributed by atoms with van der Waals surface area (Å²) < 4.78 is 44.2. The highest BCUT2D eigenvalue weighted by atomic mass is 79.9. The van der Waals surface area contributed by atoms with E-state index in [2.05, 4.69) is 20.8 Å². The lowest BCUT2D eigenvalue weighted by Gasteiger charge is -2.41. The van der Waals surface area contributed by atoms with Gasteiger partial charge in [-0.15, -0.1) is 0 Å². The molecule has 0 unspecified atom stereocenters. The summed E-state index contributed by atoms with van der Waals surface area (Å²) in [4.78, 5) is 29.1. The molecule has 0 radical (unpaired) electrons. The van der Waals surface area contributed by atoms with Crippen LogP contribution in [-0.2, 0) is 32.6 Å². The van der Waals surface area contributed by atoms with E-state index in [-0.39, 0.29) is 30.8 Å². The van der Waals surface area contributed by atoms with Crippen LogP contribution >= 0.6 is 15.9 Å². The molecule has 1 saturated heterocycles. The normalized spacial score (nSPS) is 16.7. The third kappa shape index (κ3) is 8.29. The van der Waals surface area contributed by atoms with Crippen molar-refractivity contribution in [2.45, 2.75) is 32.4 Å². The maximum Gasteiger partial charge on any atom is 0.260 e. The zero-order valence-electron chi connectivity index (χ0n) is 19.7. The van der Waals surface area contributed by atoms with Gasteiger partial charge in [-0.05, 0) is 42.3 Å². The van der Waals surface area contributed by atoms with Gasteiger partial charge in [0.2, 0.25) is 15.9 Å². The Morgan fingerprint density at radius 2 is 1.89 bits per heavy atom. The molecule has 1 atom stereocenters. The van der Waals surface area contributed by atoms with Crippen LogP contribution in [0.4, 0.5) is 4.39 Å². The van der Waals surface area contributed by atoms with E-state index in [1.807, 2.05) is 16.5 Å². The summed E-state index contributed by atoms with van der Waals surface area (Å²) in [6.45, 7) is 4.46. The first-order chi connectivity index (χ1) is 16.5. The molecule has 2 amide bonds. The van der Waals surface area contributed by atoms with Crippen LogP contribution in [0.5, 0.6) is 5.75 Å². The average Bonchev–Trinajstić information content (AvgIpc) is 2.78. The minimum Gasteiger partial charge on any atom is -0.483 e. The standard InChI is InChI=1S/C24H29BrFN3O5S/c1-3-21-15-28(14-17-4-7-20(26)8-5-17)10-11-29(21)24(31)16-34-22-9-6-19(25)12-18(22)13-23(30)27-35(2,32)33/h4-9,12,21H,3,10-11,13-16H2,1-2H3,(H,27,30)/t21-/m1/s1. The van der Waals surface area contributed by atoms with Crippen molar-refractivity contribution in [3.8, 4) is 5.75 Å². The fourth-order valence-electron chi connectivity index (χ4n) is 4.05. The summed E-state index contributed by atoms with van der Waals surface area (Å²) in [6, 6.07) is 11.5. The monoisotopic (exact) mass is 569 g/mol. The number of nitrogens with one attached hydrogen (secondary N) is 1. The molecular formula is C24H29BrFN3O5S. The topological polar surface area (TPSA) is 96.0 Å². The van der Waals surface area contributed by atoms with Crippen molar-refractivity contribution in [2.75, 3.05) is 32.5 Å². The minimum absolute atomic E-state index is 0.0187. The summed E-state index contributed by atoms with van der Waals surface area (Å²) in [5, 5.41) is 0. The van der Waals surface area contributed by atoms with Crippen molar-refractivity contribution < 1.29 is 27.1 Å². The van der Waals surface area contributed by atoms with Gasteiger partial charge in [0.25, 0.3) is 5.91 Å². The van der Waals surface area contributed by atoms with E-state index in [4.69, 9.17) is 4.74 Å². The quantitative estimate of drug-likeness (QED) is 0.499. The highest BCUT2D eigenvalue weighted by molar-refractivity contribution is 9.10. The fraction of sp³-hybridized carbons (Fsp3) is 0.417. The van der Waals surface area contributed by atoms with Gasteiger partial charge in [-0.25, -0.2) is 12.8 Å². The van der Waals surface area contributed by atoms with E-state index in [1.54, 1.807) is 30.3 Å². The van der Waals surface area contributed by atoms with E-state index in [9.17, 15) is 22.4 Å². The Morgan fingerprint density at radius 3 is 2.54 bits per heavy atom. The van der Waals surface area contributed by atoms with Crippen molar-refractivity contribution >= 4 is 37.8 Å². The number of amides is 2. The lowest BCUT2D eigenvalue weighted by molar-refractivity contribution is -0.138.